The second-order valence-corrected chi connectivity index (χ2v) is 8.16. The summed E-state index contributed by atoms with van der Waals surface area (Å²) in [6, 6.07) is 8.51. The first-order valence-electron chi connectivity index (χ1n) is 9.46. The van der Waals surface area contributed by atoms with E-state index < -0.39 is 17.8 Å². The molecule has 0 bridgehead atoms. The van der Waals surface area contributed by atoms with Crippen LogP contribution in [-0.4, -0.2) is 55.3 Å². The van der Waals surface area contributed by atoms with Crippen LogP contribution in [0.2, 0.25) is 0 Å². The Balaban J connectivity index is 1.78. The summed E-state index contributed by atoms with van der Waals surface area (Å²) in [6.07, 6.45) is 7.05. The summed E-state index contributed by atoms with van der Waals surface area (Å²) < 4.78 is 0. The molecule has 1 aliphatic rings. The van der Waals surface area contributed by atoms with E-state index in [2.05, 4.69) is 19.9 Å². The van der Waals surface area contributed by atoms with Gasteiger partial charge in [-0.3, -0.25) is 9.59 Å². The van der Waals surface area contributed by atoms with Crippen molar-refractivity contribution >= 4 is 41.3 Å². The molecule has 1 saturated heterocycles. The monoisotopic (exact) mass is 467 g/mol. The van der Waals surface area contributed by atoms with Gasteiger partial charge in [-0.05, 0) is 42.8 Å². The highest BCUT2D eigenvalue weighted by Crippen LogP contribution is 2.28. The minimum Gasteiger partial charge on any atom is -0.325 e. The van der Waals surface area contributed by atoms with Gasteiger partial charge >= 0.3 is 5.97 Å². The highest BCUT2D eigenvalue weighted by Gasteiger charge is 2.33. The van der Waals surface area contributed by atoms with Crippen molar-refractivity contribution in [1.29, 1.82) is 0 Å². The largest absolute Gasteiger partial charge is 0.363 e. The first-order valence-corrected chi connectivity index (χ1v) is 11.9. The second-order valence-electron chi connectivity index (χ2n) is 6.62. The van der Waals surface area contributed by atoms with Crippen LogP contribution in [0, 0.1) is 0 Å². The lowest BCUT2D eigenvalue weighted by atomic mass is 10.0. The molecule has 0 atom stereocenters. The fraction of sp³-hybridized carbons (Fsp3) is 0.190. The summed E-state index contributed by atoms with van der Waals surface area (Å²) in [5.74, 6) is -1.91. The van der Waals surface area contributed by atoms with E-state index in [9.17, 15) is 14.4 Å². The number of thioether (sulfide) groups is 2. The van der Waals surface area contributed by atoms with E-state index in [4.69, 9.17) is 4.84 Å². The Morgan fingerprint density at radius 2 is 1.38 bits per heavy atom. The number of hydrogen-bond donors (Lipinski definition) is 0. The molecule has 9 nitrogen and oxygen atoms in total. The zero-order valence-corrected chi connectivity index (χ0v) is 18.8. The normalized spacial score (nSPS) is 13.5. The Morgan fingerprint density at radius 1 is 0.875 bits per heavy atom. The predicted octanol–water partition coefficient (Wildman–Crippen LogP) is 3.27. The molecular weight excluding hydrogens is 450 g/mol. The van der Waals surface area contributed by atoms with Gasteiger partial charge in [0.15, 0.2) is 10.3 Å². The number of nitrogens with zero attached hydrogens (tertiary/aromatic N) is 5. The fourth-order valence-electron chi connectivity index (χ4n) is 3.03. The lowest BCUT2D eigenvalue weighted by molar-refractivity contribution is -0.172. The molecule has 0 saturated carbocycles. The molecule has 3 aromatic rings. The molecule has 32 heavy (non-hydrogen) atoms. The number of benzene rings is 1. The summed E-state index contributed by atoms with van der Waals surface area (Å²) in [6.45, 7) is 0. The molecule has 2 amide bonds. The van der Waals surface area contributed by atoms with E-state index in [1.165, 1.54) is 23.5 Å². The molecule has 0 N–H and O–H groups in total. The molecule has 0 aliphatic carbocycles. The van der Waals surface area contributed by atoms with Crippen LogP contribution in [0.1, 0.15) is 23.2 Å². The van der Waals surface area contributed by atoms with Crippen LogP contribution >= 0.6 is 23.5 Å². The fourth-order valence-corrected chi connectivity index (χ4v) is 3.75. The maximum absolute atomic E-state index is 12.9. The number of rotatable bonds is 6. The number of carbonyl (C=O) groups excluding carboxylic acids is 3. The van der Waals surface area contributed by atoms with E-state index in [1.54, 1.807) is 36.7 Å². The van der Waals surface area contributed by atoms with Gasteiger partial charge in [-0.1, -0.05) is 23.5 Å². The molecule has 0 radical (unpaired) electrons. The summed E-state index contributed by atoms with van der Waals surface area (Å²) in [7, 11) is 0. The van der Waals surface area contributed by atoms with Gasteiger partial charge in [0, 0.05) is 36.4 Å². The van der Waals surface area contributed by atoms with Crippen LogP contribution in [0.25, 0.3) is 22.5 Å². The minimum absolute atomic E-state index is 0.0220. The Hall–Kier alpha value is -3.31. The van der Waals surface area contributed by atoms with Crippen LogP contribution in [0.15, 0.2) is 53.0 Å². The minimum atomic E-state index is -0.824. The van der Waals surface area contributed by atoms with E-state index in [1.807, 2.05) is 18.6 Å². The van der Waals surface area contributed by atoms with Crippen molar-refractivity contribution in [3.05, 3.63) is 48.3 Å². The third-order valence-electron chi connectivity index (χ3n) is 4.57. The van der Waals surface area contributed by atoms with Crippen molar-refractivity contribution in [2.75, 3.05) is 12.5 Å². The van der Waals surface area contributed by atoms with Gasteiger partial charge in [0.1, 0.15) is 0 Å². The van der Waals surface area contributed by atoms with Crippen LogP contribution in [0.4, 0.5) is 0 Å². The summed E-state index contributed by atoms with van der Waals surface area (Å²) >= 11 is 2.79. The molecule has 2 aromatic heterocycles. The Labute approximate surface area is 192 Å². The lowest BCUT2D eigenvalue weighted by Gasteiger charge is -2.14. The average Bonchev–Trinajstić information content (AvgIpc) is 3.15. The van der Waals surface area contributed by atoms with Crippen molar-refractivity contribution in [1.82, 2.24) is 25.0 Å². The SMILES string of the molecule is CSc1nccc(-c2cc(C(=O)ON3C(=O)CCC3=O)cc(-c3ccnc(SC)n3)c2)n1. The van der Waals surface area contributed by atoms with E-state index in [0.717, 1.165) is 0 Å². The quantitative estimate of drug-likeness (QED) is 0.304. The zero-order chi connectivity index (χ0) is 22.7. The summed E-state index contributed by atoms with van der Waals surface area (Å²) in [4.78, 5) is 59.1. The first kappa shape index (κ1) is 21.9. The molecule has 11 heteroatoms. The lowest BCUT2D eigenvalue weighted by Crippen LogP contribution is -2.32. The molecule has 162 valence electrons. The first-order chi connectivity index (χ1) is 15.5. The highest BCUT2D eigenvalue weighted by molar-refractivity contribution is 7.98. The maximum atomic E-state index is 12.9. The third kappa shape index (κ3) is 4.63. The Morgan fingerprint density at radius 3 is 1.84 bits per heavy atom. The topological polar surface area (TPSA) is 115 Å². The molecule has 0 unspecified atom stereocenters. The van der Waals surface area contributed by atoms with Gasteiger partial charge in [0.05, 0.1) is 17.0 Å². The van der Waals surface area contributed by atoms with Crippen molar-refractivity contribution in [3.8, 4) is 22.5 Å². The van der Waals surface area contributed by atoms with E-state index in [-0.39, 0.29) is 18.4 Å². The Bertz CT molecular complexity index is 1140. The van der Waals surface area contributed by atoms with Gasteiger partial charge in [-0.15, -0.1) is 5.06 Å². The van der Waals surface area contributed by atoms with Crippen molar-refractivity contribution in [3.63, 3.8) is 0 Å². The van der Waals surface area contributed by atoms with Gasteiger partial charge in [-0.25, -0.2) is 24.7 Å². The number of hydrogen-bond acceptors (Lipinski definition) is 10. The molecule has 1 fully saturated rings. The van der Waals surface area contributed by atoms with Crippen LogP contribution in [0.5, 0.6) is 0 Å². The standard InChI is InChI=1S/C21H17N5O4S2/c1-31-20-22-7-5-15(24-20)12-9-13(16-6-8-23-21(25-16)32-2)11-14(10-12)19(29)30-26-17(27)3-4-18(26)28/h5-11H,3-4H2,1-2H3. The van der Waals surface area contributed by atoms with Crippen LogP contribution < -0.4 is 0 Å². The number of amides is 2. The summed E-state index contributed by atoms with van der Waals surface area (Å²) in [5, 5.41) is 1.69. The van der Waals surface area contributed by atoms with Crippen molar-refractivity contribution in [2.45, 2.75) is 23.2 Å². The maximum Gasteiger partial charge on any atom is 0.363 e. The van der Waals surface area contributed by atoms with Gasteiger partial charge in [0.2, 0.25) is 0 Å². The van der Waals surface area contributed by atoms with Crippen molar-refractivity contribution in [2.24, 2.45) is 0 Å². The van der Waals surface area contributed by atoms with E-state index >= 15 is 0 Å². The predicted molar refractivity (Wildman–Crippen MR) is 119 cm³/mol. The summed E-state index contributed by atoms with van der Waals surface area (Å²) in [5.41, 5.74) is 2.63. The molecule has 4 rings (SSSR count). The van der Waals surface area contributed by atoms with Crippen molar-refractivity contribution < 1.29 is 19.2 Å². The number of carbonyl (C=O) groups is 3. The molecule has 3 heterocycles. The molecule has 0 spiro atoms. The number of hydroxylamine groups is 2. The average molecular weight is 468 g/mol. The number of imide groups is 1. The molecule has 1 aliphatic heterocycles. The van der Waals surface area contributed by atoms with Crippen LogP contribution in [0.3, 0.4) is 0 Å². The van der Waals surface area contributed by atoms with Crippen LogP contribution in [-0.2, 0) is 14.4 Å². The second kappa shape index (κ2) is 9.45. The van der Waals surface area contributed by atoms with Gasteiger partial charge < -0.3 is 4.84 Å². The zero-order valence-electron chi connectivity index (χ0n) is 17.1. The van der Waals surface area contributed by atoms with E-state index in [0.29, 0.717) is 37.9 Å². The van der Waals surface area contributed by atoms with Gasteiger partial charge in [0.25, 0.3) is 11.8 Å². The molecule has 1 aromatic carbocycles. The van der Waals surface area contributed by atoms with Gasteiger partial charge in [-0.2, -0.15) is 0 Å². The molecular formula is C21H17N5O4S2. The highest BCUT2D eigenvalue weighted by atomic mass is 32.2. The third-order valence-corrected chi connectivity index (χ3v) is 5.70. The number of aromatic nitrogens is 4. The smallest absolute Gasteiger partial charge is 0.325 e. The Kier molecular flexibility index (Phi) is 6.47.